The summed E-state index contributed by atoms with van der Waals surface area (Å²) in [5.41, 5.74) is 1.33. The van der Waals surface area contributed by atoms with Gasteiger partial charge in [-0.1, -0.05) is 43.3 Å². The summed E-state index contributed by atoms with van der Waals surface area (Å²) in [5.74, 6) is 0.588. The Morgan fingerprint density at radius 1 is 1.15 bits per heavy atom. The topological polar surface area (TPSA) is 21.3 Å². The second-order valence-corrected chi connectivity index (χ2v) is 5.61. The number of hydrogen-bond donors (Lipinski definition) is 1. The lowest BCUT2D eigenvalue weighted by Crippen LogP contribution is -2.31. The Hall–Kier alpha value is -1.38. The number of benzene rings is 2. The predicted molar refractivity (Wildman–Crippen MR) is 83.9 cm³/mol. The largest absolute Gasteiger partial charge is 0.373 e. The van der Waals surface area contributed by atoms with Gasteiger partial charge in [0.05, 0.1) is 6.10 Å². The lowest BCUT2D eigenvalue weighted by molar-refractivity contribution is -0.0275. The first-order valence-corrected chi connectivity index (χ1v) is 7.69. The molecule has 0 bridgehead atoms. The van der Waals surface area contributed by atoms with E-state index in [1.165, 1.54) is 29.2 Å². The summed E-state index contributed by atoms with van der Waals surface area (Å²) in [6.45, 7) is 5.13. The standard InChI is InChI=1S/C18H23NO/c1-2-19-13-17-8-5-11-20-18(17)16-10-9-14-6-3-4-7-15(14)12-16/h3-4,6-7,9-10,12,17-19H,2,5,8,11,13H2,1H3. The van der Waals surface area contributed by atoms with E-state index in [4.69, 9.17) is 4.74 Å². The molecule has 106 valence electrons. The summed E-state index contributed by atoms with van der Waals surface area (Å²) in [4.78, 5) is 0. The van der Waals surface area contributed by atoms with Gasteiger partial charge in [-0.2, -0.15) is 0 Å². The van der Waals surface area contributed by atoms with E-state index in [-0.39, 0.29) is 6.10 Å². The highest BCUT2D eigenvalue weighted by molar-refractivity contribution is 5.83. The van der Waals surface area contributed by atoms with Crippen LogP contribution < -0.4 is 5.32 Å². The third-order valence-corrected chi connectivity index (χ3v) is 4.20. The van der Waals surface area contributed by atoms with Gasteiger partial charge in [0.1, 0.15) is 0 Å². The quantitative estimate of drug-likeness (QED) is 0.908. The van der Waals surface area contributed by atoms with Gasteiger partial charge in [-0.05, 0) is 41.8 Å². The van der Waals surface area contributed by atoms with E-state index in [0.717, 1.165) is 19.7 Å². The molecule has 0 radical (unpaired) electrons. The van der Waals surface area contributed by atoms with Gasteiger partial charge in [0.15, 0.2) is 0 Å². The molecule has 1 N–H and O–H groups in total. The van der Waals surface area contributed by atoms with Crippen molar-refractivity contribution in [1.29, 1.82) is 0 Å². The summed E-state index contributed by atoms with van der Waals surface area (Å²) in [7, 11) is 0. The highest BCUT2D eigenvalue weighted by Crippen LogP contribution is 2.34. The van der Waals surface area contributed by atoms with Crippen LogP contribution in [0.1, 0.15) is 31.4 Å². The highest BCUT2D eigenvalue weighted by atomic mass is 16.5. The van der Waals surface area contributed by atoms with Crippen molar-refractivity contribution in [3.63, 3.8) is 0 Å². The second kappa shape index (κ2) is 6.38. The normalized spacial score (nSPS) is 23.1. The summed E-state index contributed by atoms with van der Waals surface area (Å²) in [6, 6.07) is 15.3. The van der Waals surface area contributed by atoms with Gasteiger partial charge < -0.3 is 10.1 Å². The predicted octanol–water partition coefficient (Wildman–Crippen LogP) is 3.92. The van der Waals surface area contributed by atoms with Crippen LogP contribution in [-0.2, 0) is 4.74 Å². The molecule has 0 saturated carbocycles. The summed E-state index contributed by atoms with van der Waals surface area (Å²) < 4.78 is 6.08. The van der Waals surface area contributed by atoms with Gasteiger partial charge >= 0.3 is 0 Å². The number of nitrogens with one attached hydrogen (secondary N) is 1. The summed E-state index contributed by atoms with van der Waals surface area (Å²) >= 11 is 0. The first-order chi connectivity index (χ1) is 9.88. The molecule has 1 aliphatic rings. The molecule has 0 aliphatic carbocycles. The zero-order valence-corrected chi connectivity index (χ0v) is 12.1. The van der Waals surface area contributed by atoms with Gasteiger partial charge in [0.25, 0.3) is 0 Å². The number of rotatable bonds is 4. The van der Waals surface area contributed by atoms with Crippen LogP contribution in [0, 0.1) is 5.92 Å². The van der Waals surface area contributed by atoms with Crippen molar-refractivity contribution in [3.8, 4) is 0 Å². The second-order valence-electron chi connectivity index (χ2n) is 5.61. The van der Waals surface area contributed by atoms with Crippen molar-refractivity contribution in [2.24, 2.45) is 5.92 Å². The maximum atomic E-state index is 6.08. The van der Waals surface area contributed by atoms with E-state index in [0.29, 0.717) is 5.92 Å². The lowest BCUT2D eigenvalue weighted by Gasteiger charge is -2.32. The molecule has 0 amide bonds. The third kappa shape index (κ3) is 2.87. The van der Waals surface area contributed by atoms with E-state index < -0.39 is 0 Å². The fraction of sp³-hybridized carbons (Fsp3) is 0.444. The fourth-order valence-corrected chi connectivity index (χ4v) is 3.14. The molecule has 1 saturated heterocycles. The summed E-state index contributed by atoms with van der Waals surface area (Å²) in [5, 5.41) is 6.08. The van der Waals surface area contributed by atoms with Crippen molar-refractivity contribution in [1.82, 2.24) is 5.32 Å². The van der Waals surface area contributed by atoms with Crippen molar-refractivity contribution in [2.45, 2.75) is 25.9 Å². The van der Waals surface area contributed by atoms with E-state index in [1.54, 1.807) is 0 Å². The SMILES string of the molecule is CCNCC1CCCOC1c1ccc2ccccc2c1. The minimum absolute atomic E-state index is 0.243. The van der Waals surface area contributed by atoms with Crippen LogP contribution in [0.4, 0.5) is 0 Å². The molecule has 2 atom stereocenters. The van der Waals surface area contributed by atoms with Crippen molar-refractivity contribution in [3.05, 3.63) is 48.0 Å². The average molecular weight is 269 g/mol. The zero-order valence-electron chi connectivity index (χ0n) is 12.1. The average Bonchev–Trinajstić information content (AvgIpc) is 2.53. The van der Waals surface area contributed by atoms with Gasteiger partial charge in [0.2, 0.25) is 0 Å². The van der Waals surface area contributed by atoms with Crippen LogP contribution in [0.25, 0.3) is 10.8 Å². The van der Waals surface area contributed by atoms with Crippen molar-refractivity contribution in [2.75, 3.05) is 19.7 Å². The Bertz CT molecular complexity index is 566. The molecule has 0 aromatic heterocycles. The first-order valence-electron chi connectivity index (χ1n) is 7.69. The van der Waals surface area contributed by atoms with Crippen LogP contribution in [0.5, 0.6) is 0 Å². The maximum absolute atomic E-state index is 6.08. The molecule has 1 aliphatic heterocycles. The smallest absolute Gasteiger partial charge is 0.0865 e. The maximum Gasteiger partial charge on any atom is 0.0865 e. The first kappa shape index (κ1) is 13.6. The van der Waals surface area contributed by atoms with Crippen molar-refractivity contribution >= 4 is 10.8 Å². The molecule has 2 unspecified atom stereocenters. The third-order valence-electron chi connectivity index (χ3n) is 4.20. The molecule has 0 spiro atoms. The van der Waals surface area contributed by atoms with Crippen LogP contribution in [0.3, 0.4) is 0 Å². The summed E-state index contributed by atoms with van der Waals surface area (Å²) in [6.07, 6.45) is 2.68. The highest BCUT2D eigenvalue weighted by Gasteiger charge is 2.27. The number of ether oxygens (including phenoxy) is 1. The molecule has 2 nitrogen and oxygen atoms in total. The van der Waals surface area contributed by atoms with Crippen LogP contribution in [-0.4, -0.2) is 19.7 Å². The van der Waals surface area contributed by atoms with E-state index in [1.807, 2.05) is 0 Å². The van der Waals surface area contributed by atoms with Gasteiger partial charge in [0, 0.05) is 19.1 Å². The molecule has 2 aromatic rings. The van der Waals surface area contributed by atoms with E-state index in [9.17, 15) is 0 Å². The monoisotopic (exact) mass is 269 g/mol. The van der Waals surface area contributed by atoms with Gasteiger partial charge in [-0.3, -0.25) is 0 Å². The van der Waals surface area contributed by atoms with Gasteiger partial charge in [-0.15, -0.1) is 0 Å². The number of hydrogen-bond acceptors (Lipinski definition) is 2. The van der Waals surface area contributed by atoms with Crippen molar-refractivity contribution < 1.29 is 4.74 Å². The zero-order chi connectivity index (χ0) is 13.8. The molecular formula is C18H23NO. The molecule has 20 heavy (non-hydrogen) atoms. The molecule has 2 aromatic carbocycles. The fourth-order valence-electron chi connectivity index (χ4n) is 3.14. The van der Waals surface area contributed by atoms with E-state index in [2.05, 4.69) is 54.7 Å². The molecule has 1 fully saturated rings. The van der Waals surface area contributed by atoms with Crippen LogP contribution in [0.15, 0.2) is 42.5 Å². The molecular weight excluding hydrogens is 246 g/mol. The Morgan fingerprint density at radius 3 is 2.85 bits per heavy atom. The Labute approximate surface area is 121 Å². The minimum atomic E-state index is 0.243. The van der Waals surface area contributed by atoms with Crippen LogP contribution in [0.2, 0.25) is 0 Å². The molecule has 3 rings (SSSR count). The Morgan fingerprint density at radius 2 is 2.00 bits per heavy atom. The molecule has 2 heteroatoms. The Kier molecular flexibility index (Phi) is 4.34. The van der Waals surface area contributed by atoms with Crippen LogP contribution >= 0.6 is 0 Å². The minimum Gasteiger partial charge on any atom is -0.373 e. The van der Waals surface area contributed by atoms with E-state index >= 15 is 0 Å². The Balaban J connectivity index is 1.86. The van der Waals surface area contributed by atoms with Gasteiger partial charge in [-0.25, -0.2) is 0 Å². The number of fused-ring (bicyclic) bond motifs is 1. The lowest BCUT2D eigenvalue weighted by atomic mass is 9.88. The molecule has 1 heterocycles.